The molecule has 3 aliphatic rings. The molecule has 1 saturated heterocycles. The van der Waals surface area contributed by atoms with Gasteiger partial charge in [-0.2, -0.15) is 9.50 Å². The number of carbonyl (C=O) groups excluding carboxylic acids is 2. The number of anilines is 2. The van der Waals surface area contributed by atoms with Crippen molar-refractivity contribution in [2.75, 3.05) is 49.6 Å². The number of halogens is 3. The maximum absolute atomic E-state index is 14.2. The lowest BCUT2D eigenvalue weighted by Crippen LogP contribution is -2.51. The number of nitrogens with one attached hydrogen (secondary N) is 1. The molecular formula is C31H30ClF2N9O7. The fraction of sp³-hybridized carbons (Fsp3) is 0.387. The molecule has 3 aliphatic heterocycles. The Kier molecular flexibility index (Phi) is 8.51. The molecule has 6 heterocycles. The molecule has 0 atom stereocenters. The van der Waals surface area contributed by atoms with E-state index in [1.165, 1.54) is 11.2 Å². The van der Waals surface area contributed by atoms with Crippen LogP contribution in [0.4, 0.5) is 20.2 Å². The number of alkyl halides is 2. The van der Waals surface area contributed by atoms with Gasteiger partial charge >= 0.3 is 6.29 Å². The van der Waals surface area contributed by atoms with E-state index in [9.17, 15) is 28.3 Å². The first-order valence-corrected chi connectivity index (χ1v) is 16.1. The minimum Gasteiger partial charge on any atom is -0.504 e. The number of fused-ring (bicyclic) bond motifs is 2. The van der Waals surface area contributed by atoms with Gasteiger partial charge in [0.2, 0.25) is 11.7 Å². The summed E-state index contributed by atoms with van der Waals surface area (Å²) in [5, 5.41) is 17.5. The van der Waals surface area contributed by atoms with Crippen LogP contribution in [0.1, 0.15) is 41.0 Å². The summed E-state index contributed by atoms with van der Waals surface area (Å²) < 4.78 is 44.4. The highest BCUT2D eigenvalue weighted by molar-refractivity contribution is 6.34. The molecular weight excluding hydrogens is 684 g/mol. The Morgan fingerprint density at radius 3 is 2.56 bits per heavy atom. The molecule has 3 aromatic heterocycles. The molecule has 0 bridgehead atoms. The lowest BCUT2D eigenvalue weighted by Gasteiger charge is -2.36. The van der Waals surface area contributed by atoms with Crippen LogP contribution < -0.4 is 25.2 Å². The fourth-order valence-corrected chi connectivity index (χ4v) is 6.30. The van der Waals surface area contributed by atoms with E-state index in [2.05, 4.69) is 34.8 Å². The second-order valence-electron chi connectivity index (χ2n) is 11.7. The zero-order valence-corrected chi connectivity index (χ0v) is 27.5. The second-order valence-corrected chi connectivity index (χ2v) is 12.1. The van der Waals surface area contributed by atoms with Crippen molar-refractivity contribution in [3.8, 4) is 17.2 Å². The molecule has 7 rings (SSSR count). The quantitative estimate of drug-likeness (QED) is 0.287. The summed E-state index contributed by atoms with van der Waals surface area (Å²) >= 11 is 6.29. The standard InChI is InChI=1S/C31H30ClF2N9O7/c1-3-20-25(40-6-8-41(9-7-40)28(46)24-26(45)16(2)35-15-36-24)29(47)43-30(38-27(39-43)17-4-10-48-11-5-17)42(20)14-23(44)37-19-13-22-21(12-18(19)32)49-31(33,34)50-22/h4,12-13,15,45H,3,5-11,14H2,1-2H3,(H,37,44). The van der Waals surface area contributed by atoms with Gasteiger partial charge in [-0.25, -0.2) is 9.97 Å². The van der Waals surface area contributed by atoms with Crippen LogP contribution in [-0.2, 0) is 22.5 Å². The number of benzene rings is 1. The Bertz CT molecular complexity index is 2130. The topological polar surface area (TPSA) is 179 Å². The molecule has 19 heteroatoms. The van der Waals surface area contributed by atoms with Crippen LogP contribution in [0.5, 0.6) is 17.2 Å². The van der Waals surface area contributed by atoms with E-state index >= 15 is 0 Å². The van der Waals surface area contributed by atoms with Crippen LogP contribution in [0.3, 0.4) is 0 Å². The maximum Gasteiger partial charge on any atom is 0.586 e. The molecule has 50 heavy (non-hydrogen) atoms. The first-order valence-electron chi connectivity index (χ1n) is 15.7. The number of carbonyl (C=O) groups is 2. The number of hydrogen-bond acceptors (Lipinski definition) is 12. The van der Waals surface area contributed by atoms with Gasteiger partial charge in [0, 0.05) is 38.3 Å². The Morgan fingerprint density at radius 2 is 1.86 bits per heavy atom. The zero-order chi connectivity index (χ0) is 35.3. The first-order chi connectivity index (χ1) is 23.9. The molecule has 4 aromatic rings. The number of aromatic hydroxyl groups is 1. The molecule has 1 aromatic carbocycles. The molecule has 0 spiro atoms. The largest absolute Gasteiger partial charge is 0.586 e. The molecule has 0 saturated carbocycles. The number of rotatable bonds is 7. The lowest BCUT2D eigenvalue weighted by atomic mass is 10.1. The molecule has 2 N–H and O–H groups in total. The molecule has 0 aliphatic carbocycles. The van der Waals surface area contributed by atoms with Crippen LogP contribution in [0, 0.1) is 6.92 Å². The maximum atomic E-state index is 14.2. The summed E-state index contributed by atoms with van der Waals surface area (Å²) in [6, 6.07) is 2.25. The van der Waals surface area contributed by atoms with Crippen molar-refractivity contribution in [3.63, 3.8) is 0 Å². The zero-order valence-electron chi connectivity index (χ0n) is 26.8. The third kappa shape index (κ3) is 6.04. The fourth-order valence-electron chi connectivity index (χ4n) is 6.10. The van der Waals surface area contributed by atoms with Crippen molar-refractivity contribution in [2.45, 2.75) is 39.5 Å². The summed E-state index contributed by atoms with van der Waals surface area (Å²) in [4.78, 5) is 56.9. The number of hydrogen-bond donors (Lipinski definition) is 2. The van der Waals surface area contributed by atoms with Crippen molar-refractivity contribution < 1.29 is 37.7 Å². The van der Waals surface area contributed by atoms with Crippen LogP contribution in [0.2, 0.25) is 5.02 Å². The van der Waals surface area contributed by atoms with E-state index in [-0.39, 0.29) is 83.5 Å². The van der Waals surface area contributed by atoms with Gasteiger partial charge in [0.1, 0.15) is 18.6 Å². The van der Waals surface area contributed by atoms with Gasteiger partial charge in [-0.1, -0.05) is 24.6 Å². The first kappa shape index (κ1) is 33.2. The van der Waals surface area contributed by atoms with Crippen molar-refractivity contribution >= 4 is 46.1 Å². The van der Waals surface area contributed by atoms with Gasteiger partial charge in [-0.05, 0) is 25.3 Å². The van der Waals surface area contributed by atoms with Crippen LogP contribution in [0.15, 0.2) is 29.3 Å². The Morgan fingerprint density at radius 1 is 1.12 bits per heavy atom. The highest BCUT2D eigenvalue weighted by atomic mass is 35.5. The number of nitrogens with zero attached hydrogens (tertiary/aromatic N) is 8. The summed E-state index contributed by atoms with van der Waals surface area (Å²) in [5.74, 6) is -1.50. The second kappa shape index (κ2) is 12.8. The van der Waals surface area contributed by atoms with Gasteiger partial charge in [0.15, 0.2) is 28.8 Å². The summed E-state index contributed by atoms with van der Waals surface area (Å²) in [7, 11) is 0. The van der Waals surface area contributed by atoms with E-state index in [0.717, 1.165) is 22.2 Å². The molecule has 0 radical (unpaired) electrons. The predicted molar refractivity (Wildman–Crippen MR) is 173 cm³/mol. The predicted octanol–water partition coefficient (Wildman–Crippen LogP) is 2.64. The summed E-state index contributed by atoms with van der Waals surface area (Å²) in [6.07, 6.45) is 0.00268. The Labute approximate surface area is 286 Å². The molecule has 2 amide bonds. The number of amides is 2. The Hall–Kier alpha value is -5.36. The molecule has 1 fully saturated rings. The summed E-state index contributed by atoms with van der Waals surface area (Å²) in [5.41, 5.74) is 1.27. The van der Waals surface area contributed by atoms with Crippen molar-refractivity contribution in [1.29, 1.82) is 0 Å². The van der Waals surface area contributed by atoms with Crippen molar-refractivity contribution in [1.82, 2.24) is 34.0 Å². The smallest absolute Gasteiger partial charge is 0.504 e. The lowest BCUT2D eigenvalue weighted by molar-refractivity contribution is -0.286. The van der Waals surface area contributed by atoms with E-state index in [1.807, 2.05) is 17.9 Å². The van der Waals surface area contributed by atoms with E-state index < -0.39 is 23.7 Å². The van der Waals surface area contributed by atoms with Crippen LogP contribution >= 0.6 is 11.6 Å². The van der Waals surface area contributed by atoms with Crippen molar-refractivity contribution in [2.24, 2.45) is 0 Å². The highest BCUT2D eigenvalue weighted by Crippen LogP contribution is 2.45. The number of aryl methyl sites for hydroxylation is 1. The third-order valence-corrected chi connectivity index (χ3v) is 8.88. The highest BCUT2D eigenvalue weighted by Gasteiger charge is 2.44. The monoisotopic (exact) mass is 713 g/mol. The SMILES string of the molecule is CCc1c(N2CCN(C(=O)c3ncnc(C)c3O)CC2)c(=O)n2nc(C3=CCOCC3)nc2n1CC(=O)Nc1cc2c(cc1Cl)OC(F)(F)O2. The molecule has 0 unspecified atom stereocenters. The van der Waals surface area contributed by atoms with Crippen molar-refractivity contribution in [3.05, 3.63) is 62.8 Å². The molecule has 262 valence electrons. The average molecular weight is 714 g/mol. The van der Waals surface area contributed by atoms with Crippen LogP contribution in [-0.4, -0.2) is 96.6 Å². The van der Waals surface area contributed by atoms with E-state index in [4.69, 9.17) is 16.3 Å². The summed E-state index contributed by atoms with van der Waals surface area (Å²) in [6.45, 7) is 4.77. The number of aromatic nitrogens is 6. The normalized spacial score (nSPS) is 16.9. The third-order valence-electron chi connectivity index (χ3n) is 8.57. The molecule has 16 nitrogen and oxygen atoms in total. The van der Waals surface area contributed by atoms with E-state index in [0.29, 0.717) is 37.6 Å². The van der Waals surface area contributed by atoms with Crippen LogP contribution in [0.25, 0.3) is 11.4 Å². The number of ether oxygens (including phenoxy) is 3. The number of piperazine rings is 1. The van der Waals surface area contributed by atoms with Gasteiger partial charge in [-0.15, -0.1) is 13.9 Å². The van der Waals surface area contributed by atoms with Gasteiger partial charge < -0.3 is 39.0 Å². The average Bonchev–Trinajstić information content (AvgIpc) is 3.68. The van der Waals surface area contributed by atoms with Gasteiger partial charge in [0.05, 0.1) is 35.3 Å². The minimum absolute atomic E-state index is 0.00674. The van der Waals surface area contributed by atoms with E-state index in [1.54, 1.807) is 11.5 Å². The Balaban J connectivity index is 1.22. The van der Waals surface area contributed by atoms with Gasteiger partial charge in [0.25, 0.3) is 11.5 Å². The van der Waals surface area contributed by atoms with Gasteiger partial charge in [-0.3, -0.25) is 14.4 Å². The minimum atomic E-state index is -3.87.